The molecule has 0 saturated carbocycles. The Labute approximate surface area is 105 Å². The Hall–Kier alpha value is -0.830. The summed E-state index contributed by atoms with van der Waals surface area (Å²) in [7, 11) is 0. The Morgan fingerprint density at radius 1 is 1.47 bits per heavy atom. The molecule has 0 bridgehead atoms. The fourth-order valence-electron chi connectivity index (χ4n) is 2.27. The lowest BCUT2D eigenvalue weighted by atomic mass is 9.96. The predicted octanol–water partition coefficient (Wildman–Crippen LogP) is 2.50. The van der Waals surface area contributed by atoms with E-state index in [1.165, 1.54) is 18.4 Å². The number of allylic oxidation sites excluding steroid dienone is 1. The van der Waals surface area contributed by atoms with Crippen LogP contribution in [0.1, 0.15) is 52.4 Å². The van der Waals surface area contributed by atoms with Crippen molar-refractivity contribution in [3.8, 4) is 0 Å². The molecule has 1 aliphatic rings. The van der Waals surface area contributed by atoms with Crippen LogP contribution in [0, 0.1) is 0 Å². The van der Waals surface area contributed by atoms with Crippen LogP contribution in [0.5, 0.6) is 0 Å². The van der Waals surface area contributed by atoms with E-state index in [-0.39, 0.29) is 18.6 Å². The van der Waals surface area contributed by atoms with Gasteiger partial charge < -0.3 is 10.0 Å². The third-order valence-corrected chi connectivity index (χ3v) is 3.26. The normalized spacial score (nSPS) is 15.9. The fourth-order valence-corrected chi connectivity index (χ4v) is 2.27. The number of rotatable bonds is 6. The molecule has 0 aromatic carbocycles. The minimum absolute atomic E-state index is 0.152. The highest BCUT2D eigenvalue weighted by molar-refractivity contribution is 5.79. The Morgan fingerprint density at radius 3 is 2.76 bits per heavy atom. The first-order valence-corrected chi connectivity index (χ1v) is 6.73. The summed E-state index contributed by atoms with van der Waals surface area (Å²) in [5.41, 5.74) is 1.30. The van der Waals surface area contributed by atoms with Gasteiger partial charge in [0, 0.05) is 25.6 Å². The second kappa shape index (κ2) is 7.49. The lowest BCUT2D eigenvalue weighted by Crippen LogP contribution is -2.38. The predicted molar refractivity (Wildman–Crippen MR) is 69.7 cm³/mol. The Bertz CT molecular complexity index is 271. The molecule has 1 N–H and O–H groups in total. The van der Waals surface area contributed by atoms with Crippen LogP contribution < -0.4 is 0 Å². The summed E-state index contributed by atoms with van der Waals surface area (Å²) in [6.07, 6.45) is 8.16. The lowest BCUT2D eigenvalue weighted by Gasteiger charge is -2.27. The van der Waals surface area contributed by atoms with Gasteiger partial charge >= 0.3 is 0 Å². The van der Waals surface area contributed by atoms with E-state index in [0.29, 0.717) is 19.4 Å². The van der Waals surface area contributed by atoms with E-state index >= 15 is 0 Å². The minimum atomic E-state index is 0.152. The molecule has 0 saturated heterocycles. The van der Waals surface area contributed by atoms with Crippen molar-refractivity contribution >= 4 is 5.91 Å². The molecule has 0 fully saturated rings. The summed E-state index contributed by atoms with van der Waals surface area (Å²) in [4.78, 5) is 14.0. The van der Waals surface area contributed by atoms with E-state index in [1.54, 1.807) is 0 Å². The summed E-state index contributed by atoms with van der Waals surface area (Å²) in [5, 5.41) is 8.85. The zero-order valence-electron chi connectivity index (χ0n) is 11.1. The minimum Gasteiger partial charge on any atom is -0.396 e. The lowest BCUT2D eigenvalue weighted by molar-refractivity contribution is -0.132. The molecular weight excluding hydrogens is 214 g/mol. The van der Waals surface area contributed by atoms with Crippen LogP contribution in [0.2, 0.25) is 0 Å². The van der Waals surface area contributed by atoms with Gasteiger partial charge in [0.2, 0.25) is 5.91 Å². The molecule has 0 aromatic heterocycles. The summed E-state index contributed by atoms with van der Waals surface area (Å²) >= 11 is 0. The van der Waals surface area contributed by atoms with Crippen LogP contribution in [-0.4, -0.2) is 35.1 Å². The molecule has 1 aliphatic carbocycles. The van der Waals surface area contributed by atoms with E-state index in [4.69, 9.17) is 5.11 Å². The van der Waals surface area contributed by atoms with Gasteiger partial charge in [0.25, 0.3) is 0 Å². The third kappa shape index (κ3) is 4.90. The number of carbonyl (C=O) groups is 1. The maximum absolute atomic E-state index is 12.2. The Morgan fingerprint density at radius 2 is 2.24 bits per heavy atom. The van der Waals surface area contributed by atoms with Gasteiger partial charge in [-0.2, -0.15) is 0 Å². The van der Waals surface area contributed by atoms with Crippen LogP contribution in [0.15, 0.2) is 11.6 Å². The van der Waals surface area contributed by atoms with Crippen molar-refractivity contribution in [2.75, 3.05) is 13.2 Å². The van der Waals surface area contributed by atoms with Gasteiger partial charge in [-0.15, -0.1) is 0 Å². The third-order valence-electron chi connectivity index (χ3n) is 3.26. The highest BCUT2D eigenvalue weighted by Gasteiger charge is 2.18. The van der Waals surface area contributed by atoms with Crippen molar-refractivity contribution in [3.63, 3.8) is 0 Å². The Balaban J connectivity index is 2.49. The number of aliphatic hydroxyl groups excluding tert-OH is 1. The first-order chi connectivity index (χ1) is 8.15. The highest BCUT2D eigenvalue weighted by atomic mass is 16.3. The standard InChI is InChI=1S/C14H25NO2/c1-12(2)15(9-6-10-16)14(17)11-13-7-4-3-5-8-13/h7,12,16H,3-6,8-11H2,1-2H3. The zero-order valence-corrected chi connectivity index (χ0v) is 11.1. The first-order valence-electron chi connectivity index (χ1n) is 6.73. The molecule has 1 amide bonds. The van der Waals surface area contributed by atoms with Gasteiger partial charge in [0.1, 0.15) is 0 Å². The van der Waals surface area contributed by atoms with Crippen molar-refractivity contribution in [2.45, 2.75) is 58.4 Å². The molecule has 98 valence electrons. The van der Waals surface area contributed by atoms with Gasteiger partial charge in [-0.05, 0) is 46.0 Å². The van der Waals surface area contributed by atoms with Crippen molar-refractivity contribution < 1.29 is 9.90 Å². The topological polar surface area (TPSA) is 40.5 Å². The van der Waals surface area contributed by atoms with Crippen LogP contribution in [0.25, 0.3) is 0 Å². The average Bonchev–Trinajstić information content (AvgIpc) is 2.30. The molecule has 17 heavy (non-hydrogen) atoms. The van der Waals surface area contributed by atoms with Crippen LogP contribution in [0.3, 0.4) is 0 Å². The quantitative estimate of drug-likeness (QED) is 0.723. The van der Waals surface area contributed by atoms with Gasteiger partial charge in [-0.1, -0.05) is 11.6 Å². The molecule has 3 nitrogen and oxygen atoms in total. The number of amides is 1. The summed E-state index contributed by atoms with van der Waals surface area (Å²) in [6, 6.07) is 0.221. The fraction of sp³-hybridized carbons (Fsp3) is 0.786. The van der Waals surface area contributed by atoms with Crippen molar-refractivity contribution in [1.82, 2.24) is 4.90 Å². The van der Waals surface area contributed by atoms with Gasteiger partial charge in [0.05, 0.1) is 0 Å². The highest BCUT2D eigenvalue weighted by Crippen LogP contribution is 2.21. The molecule has 1 rings (SSSR count). The van der Waals surface area contributed by atoms with Gasteiger partial charge in [-0.25, -0.2) is 0 Å². The number of nitrogens with zero attached hydrogens (tertiary/aromatic N) is 1. The van der Waals surface area contributed by atoms with Crippen LogP contribution >= 0.6 is 0 Å². The van der Waals surface area contributed by atoms with Gasteiger partial charge in [0.15, 0.2) is 0 Å². The number of aliphatic hydroxyl groups is 1. The van der Waals surface area contributed by atoms with Gasteiger partial charge in [-0.3, -0.25) is 4.79 Å². The molecule has 0 unspecified atom stereocenters. The molecule has 0 spiro atoms. The van der Waals surface area contributed by atoms with Crippen LogP contribution in [-0.2, 0) is 4.79 Å². The molecule has 0 heterocycles. The average molecular weight is 239 g/mol. The zero-order chi connectivity index (χ0) is 12.7. The van der Waals surface area contributed by atoms with Crippen molar-refractivity contribution in [1.29, 1.82) is 0 Å². The molecule has 0 radical (unpaired) electrons. The largest absolute Gasteiger partial charge is 0.396 e. The van der Waals surface area contributed by atoms with E-state index in [0.717, 1.165) is 12.8 Å². The summed E-state index contributed by atoms with van der Waals surface area (Å²) < 4.78 is 0. The summed E-state index contributed by atoms with van der Waals surface area (Å²) in [5.74, 6) is 0.210. The van der Waals surface area contributed by atoms with E-state index < -0.39 is 0 Å². The second-order valence-corrected chi connectivity index (χ2v) is 5.04. The maximum Gasteiger partial charge on any atom is 0.226 e. The number of carbonyl (C=O) groups excluding carboxylic acids is 1. The van der Waals surface area contributed by atoms with Crippen molar-refractivity contribution in [3.05, 3.63) is 11.6 Å². The number of hydrogen-bond acceptors (Lipinski definition) is 2. The van der Waals surface area contributed by atoms with Crippen molar-refractivity contribution in [2.24, 2.45) is 0 Å². The molecular formula is C14H25NO2. The molecule has 3 heteroatoms. The molecule has 0 aliphatic heterocycles. The van der Waals surface area contributed by atoms with Crippen LogP contribution in [0.4, 0.5) is 0 Å². The number of hydrogen-bond donors (Lipinski definition) is 1. The first kappa shape index (κ1) is 14.2. The van der Waals surface area contributed by atoms with E-state index in [2.05, 4.69) is 6.08 Å². The van der Waals surface area contributed by atoms with E-state index in [9.17, 15) is 4.79 Å². The monoisotopic (exact) mass is 239 g/mol. The Kier molecular flexibility index (Phi) is 6.27. The maximum atomic E-state index is 12.2. The SMILES string of the molecule is CC(C)N(CCCO)C(=O)CC1=CCCCC1. The summed E-state index contributed by atoms with van der Waals surface area (Å²) in [6.45, 7) is 4.88. The molecule has 0 aromatic rings. The molecule has 0 atom stereocenters. The van der Waals surface area contributed by atoms with E-state index in [1.807, 2.05) is 18.7 Å². The second-order valence-electron chi connectivity index (χ2n) is 5.04. The smallest absolute Gasteiger partial charge is 0.226 e.